The van der Waals surface area contributed by atoms with Gasteiger partial charge in [0.2, 0.25) is 35.4 Å². The van der Waals surface area contributed by atoms with Crippen LogP contribution >= 0.6 is 0 Å². The van der Waals surface area contributed by atoms with E-state index in [0.29, 0.717) is 92.6 Å². The zero-order chi connectivity index (χ0) is 64.6. The number of para-hydroxylation sites is 1. The lowest BCUT2D eigenvalue weighted by Crippen LogP contribution is -2.74. The van der Waals surface area contributed by atoms with Crippen LogP contribution in [-0.4, -0.2) is 170 Å². The van der Waals surface area contributed by atoms with E-state index < -0.39 is 89.3 Å². The van der Waals surface area contributed by atoms with Crippen molar-refractivity contribution >= 4 is 74.6 Å². The molecule has 4 aliphatic heterocycles. The van der Waals surface area contributed by atoms with Crippen LogP contribution in [-0.2, 0) is 65.3 Å². The van der Waals surface area contributed by atoms with Gasteiger partial charge in [0.1, 0.15) is 0 Å². The van der Waals surface area contributed by atoms with Crippen molar-refractivity contribution in [1.29, 1.82) is 0 Å². The molecule has 6 aliphatic carbocycles. The number of phenolic OH excluding ortho intramolecular Hbond substituents is 2. The number of aliphatic hydroxyl groups is 2. The molecule has 10 aliphatic rings. The number of piperidine rings is 2. The Morgan fingerprint density at radius 3 is 1.71 bits per heavy atom. The third-order valence-electron chi connectivity index (χ3n) is 22.5. The summed E-state index contributed by atoms with van der Waals surface area (Å²) in [7, 11) is 0. The van der Waals surface area contributed by atoms with E-state index in [2.05, 4.69) is 62.0 Å². The molecule has 6 amide bonds. The second-order valence-electron chi connectivity index (χ2n) is 28.0. The van der Waals surface area contributed by atoms with Gasteiger partial charge in [-0.05, 0) is 148 Å². The molecule has 25 heteroatoms. The molecular formula is C69H79N13O12. The number of guanidine groups is 1. The molecule has 4 fully saturated rings. The van der Waals surface area contributed by atoms with E-state index in [-0.39, 0.29) is 48.9 Å². The van der Waals surface area contributed by atoms with Gasteiger partial charge in [0, 0.05) is 97.0 Å². The largest absolute Gasteiger partial charge is 0.504 e. The minimum Gasteiger partial charge on any atom is -0.504 e. The maximum atomic E-state index is 13.3. The Hall–Kier alpha value is -8.91. The predicted molar refractivity (Wildman–Crippen MR) is 345 cm³/mol. The van der Waals surface area contributed by atoms with Crippen molar-refractivity contribution in [2.24, 2.45) is 22.6 Å². The Bertz CT molecular complexity index is 4210. The third-order valence-corrected chi connectivity index (χ3v) is 22.5. The molecule has 2 aromatic heterocycles. The number of aromatic amines is 2. The smallest absolute Gasteiger partial charge is 0.243 e. The van der Waals surface area contributed by atoms with E-state index in [9.17, 15) is 49.2 Å². The maximum absolute atomic E-state index is 13.3. The molecule has 4 bridgehead atoms. The fourth-order valence-corrected chi connectivity index (χ4v) is 17.8. The van der Waals surface area contributed by atoms with Gasteiger partial charge < -0.3 is 82.8 Å². The minimum atomic E-state index is -1.18. The number of aliphatic imine (C=N–C) groups is 1. The van der Waals surface area contributed by atoms with Gasteiger partial charge in [0.15, 0.2) is 41.2 Å². The summed E-state index contributed by atoms with van der Waals surface area (Å²) in [6.45, 7) is 2.74. The monoisotopic (exact) mass is 1280 g/mol. The number of hydrogen-bond acceptors (Lipinski definition) is 15. The van der Waals surface area contributed by atoms with Crippen molar-refractivity contribution in [1.82, 2.24) is 46.4 Å². The first-order valence-corrected chi connectivity index (χ1v) is 33.4. The van der Waals surface area contributed by atoms with E-state index in [4.69, 9.17) is 15.2 Å². The second-order valence-corrected chi connectivity index (χ2v) is 28.0. The number of nitrogens with two attached hydrogens (primary N) is 1. The van der Waals surface area contributed by atoms with Crippen molar-refractivity contribution in [3.05, 3.63) is 105 Å². The molecule has 8 atom stereocenters. The zero-order valence-electron chi connectivity index (χ0n) is 52.2. The van der Waals surface area contributed by atoms with Crippen LogP contribution in [0.5, 0.6) is 23.0 Å². The summed E-state index contributed by atoms with van der Waals surface area (Å²) in [6, 6.07) is 18.7. The maximum Gasteiger partial charge on any atom is 0.243 e. The Kier molecular flexibility index (Phi) is 14.5. The van der Waals surface area contributed by atoms with Crippen LogP contribution in [0.15, 0.2) is 65.7 Å². The molecule has 2 spiro atoms. The van der Waals surface area contributed by atoms with Crippen LogP contribution < -0.4 is 52.4 Å². The number of H-pyrrole nitrogens is 2. The summed E-state index contributed by atoms with van der Waals surface area (Å²) < 4.78 is 13.5. The van der Waals surface area contributed by atoms with Crippen LogP contribution in [0, 0.1) is 11.8 Å². The molecule has 2 saturated heterocycles. The van der Waals surface area contributed by atoms with Gasteiger partial charge in [-0.15, -0.1) is 0 Å². The van der Waals surface area contributed by atoms with E-state index >= 15 is 0 Å². The van der Waals surface area contributed by atoms with Crippen molar-refractivity contribution in [2.45, 2.75) is 136 Å². The fourth-order valence-electron chi connectivity index (χ4n) is 17.8. The molecule has 6 heterocycles. The molecule has 15 N–H and O–H groups in total. The van der Waals surface area contributed by atoms with Crippen molar-refractivity contribution in [2.75, 3.05) is 76.1 Å². The van der Waals surface area contributed by atoms with Gasteiger partial charge in [-0.2, -0.15) is 0 Å². The SMILES string of the molecule is NC(=NCCCCNC(=O)CNC(=O)CNC(=O)CCC(=O)NCC(=O)NCC(=O)Nc1cccc2c3c([nH]c12)[C@@H]1Oc2c(O)ccc4c2C12CCN(CC1CC1)C(C4)[C@]2(O)C3)Nc1ccc2[nH]c3c(c2c1)C[C@@]1(O)C2Cc4ccc(O)c5c4C1(CCN2CC1CC1)[C@H]3O5. The highest BCUT2D eigenvalue weighted by Gasteiger charge is 2.74. The first-order chi connectivity index (χ1) is 45.4. The first kappa shape index (κ1) is 60.1. The topological polar surface area (TPSA) is 362 Å². The minimum absolute atomic E-state index is 0.0494. The van der Waals surface area contributed by atoms with Crippen LogP contribution in [0.4, 0.5) is 11.4 Å². The lowest BCUT2D eigenvalue weighted by molar-refractivity contribution is -0.173. The summed E-state index contributed by atoms with van der Waals surface area (Å²) in [5.74, 6) is -0.752. The standard InChI is InChI=1S/C69H79N13O12/c70-65(77-39-12-13-44-41(26-39)43-28-69(92)49-25-37-10-14-46(83)61-56(37)66(69,63(93-61)59(43)79-44)18-22-82(49)34-36-8-9-36)72-21-2-1-20-71-52(87)29-75-53(88)30-73-50(85)16-17-51(86)74-31-54(89)76-32-55(90)78-45-5-3-4-40-42-27-68(91)48-24-38-11-15-47(84)62-57(38)67(68,19-23-81(48)33-35-6-7-35)64(94-62)60(42)80-58(40)45/h3-5,10-15,26,35-36,48-49,63-64,79-80,83-84,91-92H,1-2,6-9,16-25,27-34H2,(H,71,87)(H,73,85)(H,74,86)(H,75,88)(H,76,89)(H,78,90)(H3,70,72,77)/t48?,49?,63-,64-,66?,67?,68+,69+/m0/s1. The van der Waals surface area contributed by atoms with Gasteiger partial charge in [-0.1, -0.05) is 24.3 Å². The van der Waals surface area contributed by atoms with E-state index in [0.717, 1.165) is 99.3 Å². The number of rotatable bonds is 22. The number of nitrogens with zero attached hydrogens (tertiary/aromatic N) is 3. The summed E-state index contributed by atoms with van der Waals surface area (Å²) in [5, 5.41) is 69.1. The van der Waals surface area contributed by atoms with Crippen molar-refractivity contribution < 1.29 is 58.7 Å². The van der Waals surface area contributed by atoms with Gasteiger partial charge >= 0.3 is 0 Å². The third kappa shape index (κ3) is 9.71. The molecule has 16 rings (SSSR count). The Labute approximate surface area is 540 Å². The molecule has 0 radical (unpaired) electrons. The van der Waals surface area contributed by atoms with Gasteiger partial charge in [-0.25, -0.2) is 0 Å². The number of amides is 6. The van der Waals surface area contributed by atoms with Gasteiger partial charge in [-0.3, -0.25) is 43.6 Å². The highest BCUT2D eigenvalue weighted by atomic mass is 16.5. The summed E-state index contributed by atoms with van der Waals surface area (Å²) in [5.41, 5.74) is 13.1. The number of carbonyl (C=O) groups excluding carboxylic acids is 6. The number of carbonyl (C=O) groups is 6. The van der Waals surface area contributed by atoms with Crippen LogP contribution in [0.3, 0.4) is 0 Å². The molecule has 4 unspecified atom stereocenters. The quantitative estimate of drug-likeness (QED) is 0.0264. The second kappa shape index (κ2) is 22.7. The Morgan fingerprint density at radius 1 is 0.606 bits per heavy atom. The number of nitrogens with one attached hydrogen (secondary N) is 9. The van der Waals surface area contributed by atoms with E-state index in [1.54, 1.807) is 18.2 Å². The lowest BCUT2D eigenvalue weighted by atomic mass is 9.49. The summed E-state index contributed by atoms with van der Waals surface area (Å²) in [6.07, 6.45) is 7.99. The number of aromatic nitrogens is 2. The normalized spacial score (nSPS) is 27.0. The molecule has 6 aromatic rings. The van der Waals surface area contributed by atoms with Crippen molar-refractivity contribution in [3.8, 4) is 23.0 Å². The lowest BCUT2D eigenvalue weighted by Gasteiger charge is -2.62. The Morgan fingerprint density at radius 2 is 1.14 bits per heavy atom. The number of aromatic hydroxyl groups is 2. The molecule has 94 heavy (non-hydrogen) atoms. The Balaban J connectivity index is 0.439. The molecule has 4 aromatic carbocycles. The number of fused-ring (bicyclic) bond motifs is 8. The van der Waals surface area contributed by atoms with Crippen molar-refractivity contribution in [3.63, 3.8) is 0 Å². The number of likely N-dealkylation sites (tertiary alicyclic amines) is 2. The number of hydrogen-bond donors (Lipinski definition) is 14. The average molecular weight is 1280 g/mol. The first-order valence-electron chi connectivity index (χ1n) is 33.4. The summed E-state index contributed by atoms with van der Waals surface area (Å²) in [4.78, 5) is 92.8. The number of unbranched alkanes of at least 4 members (excludes halogenated alkanes) is 1. The number of phenols is 2. The number of ether oxygens (including phenoxy) is 2. The van der Waals surface area contributed by atoms with Crippen LogP contribution in [0.2, 0.25) is 0 Å². The van der Waals surface area contributed by atoms with E-state index in [1.807, 2.05) is 42.5 Å². The molecule has 492 valence electrons. The van der Waals surface area contributed by atoms with Gasteiger partial charge in [0.05, 0.1) is 70.8 Å². The van der Waals surface area contributed by atoms with Crippen LogP contribution in [0.1, 0.15) is 121 Å². The van der Waals surface area contributed by atoms with E-state index in [1.165, 1.54) is 25.7 Å². The summed E-state index contributed by atoms with van der Waals surface area (Å²) >= 11 is 0. The fraction of sp³-hybridized carbons (Fsp3) is 0.493. The average Bonchev–Trinajstić information content (AvgIpc) is 1.43. The highest BCUT2D eigenvalue weighted by Crippen LogP contribution is 2.71. The highest BCUT2D eigenvalue weighted by molar-refractivity contribution is 6.04. The molecule has 2 saturated carbocycles. The number of anilines is 2. The molecular weight excluding hydrogens is 1200 g/mol. The predicted octanol–water partition coefficient (Wildman–Crippen LogP) is 2.97. The number of benzene rings is 4. The molecule has 25 nitrogen and oxygen atoms in total. The van der Waals surface area contributed by atoms with Gasteiger partial charge in [0.25, 0.3) is 0 Å². The van der Waals surface area contributed by atoms with Crippen LogP contribution in [0.25, 0.3) is 21.8 Å². The zero-order valence-corrected chi connectivity index (χ0v) is 52.2.